The van der Waals surface area contributed by atoms with Crippen LogP contribution in [0.4, 0.5) is 5.69 Å². The second-order valence-electron chi connectivity index (χ2n) is 9.63. The molecule has 0 radical (unpaired) electrons. The third-order valence-corrected chi connectivity index (χ3v) is 9.01. The average Bonchev–Trinajstić information content (AvgIpc) is 2.89. The van der Waals surface area contributed by atoms with E-state index in [2.05, 4.69) is 5.32 Å². The van der Waals surface area contributed by atoms with Crippen molar-refractivity contribution in [3.05, 3.63) is 92.9 Å². The first-order chi connectivity index (χ1) is 18.8. The van der Waals surface area contributed by atoms with Gasteiger partial charge in [0.2, 0.25) is 11.8 Å². The number of amides is 2. The number of carbonyl (C=O) groups excluding carboxylic acids is 2. The first kappa shape index (κ1) is 31.7. The highest BCUT2D eigenvalue weighted by molar-refractivity contribution is 7.92. The summed E-state index contributed by atoms with van der Waals surface area (Å²) in [7, 11) is -4.26. The van der Waals surface area contributed by atoms with Crippen molar-refractivity contribution in [2.75, 3.05) is 10.8 Å². The van der Waals surface area contributed by atoms with Gasteiger partial charge in [-0.1, -0.05) is 77.6 Å². The first-order valence-electron chi connectivity index (χ1n) is 12.7. The normalized spacial score (nSPS) is 12.2. The van der Waals surface area contributed by atoms with E-state index in [4.69, 9.17) is 34.8 Å². The van der Waals surface area contributed by atoms with Gasteiger partial charge in [-0.25, -0.2) is 8.42 Å². The molecule has 40 heavy (non-hydrogen) atoms. The largest absolute Gasteiger partial charge is 0.352 e. The number of nitrogens with zero attached hydrogens (tertiary/aromatic N) is 2. The van der Waals surface area contributed by atoms with Gasteiger partial charge in [0.1, 0.15) is 12.6 Å². The molecule has 0 aliphatic carbocycles. The van der Waals surface area contributed by atoms with Gasteiger partial charge < -0.3 is 10.2 Å². The van der Waals surface area contributed by atoms with E-state index in [-0.39, 0.29) is 39.1 Å². The fraction of sp³-hybridized carbons (Fsp3) is 0.310. The summed E-state index contributed by atoms with van der Waals surface area (Å²) in [6.45, 7) is 6.73. The number of hydrogen-bond acceptors (Lipinski definition) is 4. The predicted octanol–water partition coefficient (Wildman–Crippen LogP) is 6.48. The molecule has 1 unspecified atom stereocenters. The topological polar surface area (TPSA) is 86.8 Å². The smallest absolute Gasteiger partial charge is 0.264 e. The van der Waals surface area contributed by atoms with Gasteiger partial charge in [0.15, 0.2) is 0 Å². The maximum absolute atomic E-state index is 14.1. The van der Waals surface area contributed by atoms with Crippen LogP contribution in [0.15, 0.2) is 71.6 Å². The Morgan fingerprint density at radius 1 is 0.925 bits per heavy atom. The second-order valence-corrected chi connectivity index (χ2v) is 12.7. The molecule has 0 saturated carbocycles. The van der Waals surface area contributed by atoms with E-state index in [0.717, 1.165) is 15.4 Å². The lowest BCUT2D eigenvalue weighted by Gasteiger charge is -2.33. The fourth-order valence-electron chi connectivity index (χ4n) is 4.12. The number of aryl methyl sites for hydroxylation is 1. The van der Waals surface area contributed by atoms with Crippen molar-refractivity contribution in [2.24, 2.45) is 0 Å². The van der Waals surface area contributed by atoms with Crippen LogP contribution in [-0.2, 0) is 26.2 Å². The molecule has 0 aromatic heterocycles. The lowest BCUT2D eigenvalue weighted by molar-refractivity contribution is -0.140. The number of rotatable bonds is 11. The van der Waals surface area contributed by atoms with Crippen LogP contribution >= 0.6 is 34.8 Å². The molecule has 214 valence electrons. The Balaban J connectivity index is 2.10. The highest BCUT2D eigenvalue weighted by atomic mass is 35.5. The monoisotopic (exact) mass is 623 g/mol. The number of anilines is 1. The molecule has 0 fully saturated rings. The van der Waals surface area contributed by atoms with Crippen LogP contribution in [0.25, 0.3) is 0 Å². The van der Waals surface area contributed by atoms with Gasteiger partial charge in [-0.15, -0.1) is 0 Å². The molecule has 11 heteroatoms. The predicted molar refractivity (Wildman–Crippen MR) is 162 cm³/mol. The van der Waals surface area contributed by atoms with Gasteiger partial charge in [0.25, 0.3) is 10.0 Å². The summed E-state index contributed by atoms with van der Waals surface area (Å²) in [6.07, 6.45) is 0.306. The van der Waals surface area contributed by atoms with Gasteiger partial charge in [-0.2, -0.15) is 0 Å². The Hall–Kier alpha value is -2.78. The summed E-state index contributed by atoms with van der Waals surface area (Å²) in [4.78, 5) is 28.6. The van der Waals surface area contributed by atoms with Crippen LogP contribution in [0.5, 0.6) is 0 Å². The van der Waals surface area contributed by atoms with Gasteiger partial charge in [-0.05, 0) is 69.2 Å². The zero-order chi connectivity index (χ0) is 29.6. The van der Waals surface area contributed by atoms with E-state index in [0.29, 0.717) is 11.4 Å². The van der Waals surface area contributed by atoms with E-state index in [1.807, 2.05) is 20.8 Å². The third kappa shape index (κ3) is 7.69. The minimum Gasteiger partial charge on any atom is -0.352 e. The van der Waals surface area contributed by atoms with E-state index in [1.54, 1.807) is 49.4 Å². The van der Waals surface area contributed by atoms with Crippen molar-refractivity contribution in [3.8, 4) is 0 Å². The number of nitrogens with one attached hydrogen (secondary N) is 1. The number of hydrogen-bond donors (Lipinski definition) is 1. The second kappa shape index (κ2) is 13.7. The molecule has 0 saturated heterocycles. The molecule has 0 spiro atoms. The van der Waals surface area contributed by atoms with E-state index >= 15 is 0 Å². The Bertz CT molecular complexity index is 1450. The molecular weight excluding hydrogens is 593 g/mol. The lowest BCUT2D eigenvalue weighted by Crippen LogP contribution is -2.53. The molecule has 0 heterocycles. The first-order valence-corrected chi connectivity index (χ1v) is 15.3. The van der Waals surface area contributed by atoms with Crippen LogP contribution in [0.3, 0.4) is 0 Å². The van der Waals surface area contributed by atoms with E-state index in [1.165, 1.54) is 29.2 Å². The molecule has 3 aromatic carbocycles. The Morgan fingerprint density at radius 3 is 2.12 bits per heavy atom. The van der Waals surface area contributed by atoms with Gasteiger partial charge in [0, 0.05) is 17.6 Å². The van der Waals surface area contributed by atoms with Crippen LogP contribution < -0.4 is 9.62 Å². The Morgan fingerprint density at radius 2 is 1.55 bits per heavy atom. The molecule has 1 N–H and O–H groups in total. The van der Waals surface area contributed by atoms with Crippen molar-refractivity contribution in [3.63, 3.8) is 0 Å². The van der Waals surface area contributed by atoms with E-state index in [9.17, 15) is 18.0 Å². The molecule has 2 amide bonds. The maximum atomic E-state index is 14.1. The molecule has 3 rings (SSSR count). The van der Waals surface area contributed by atoms with Gasteiger partial charge in [-0.3, -0.25) is 13.9 Å². The number of carbonyl (C=O) groups is 2. The summed E-state index contributed by atoms with van der Waals surface area (Å²) in [6, 6.07) is 16.7. The lowest BCUT2D eigenvalue weighted by atomic mass is 10.1. The van der Waals surface area contributed by atoms with Crippen molar-refractivity contribution in [1.29, 1.82) is 0 Å². The number of benzene rings is 3. The SMILES string of the molecule is CCC(C(=O)NC(C)C)N(Cc1ccc(Cl)cc1)C(=O)CN(c1cccc(Cl)c1Cl)S(=O)(=O)c1ccc(C)cc1. The third-order valence-electron chi connectivity index (χ3n) is 6.17. The summed E-state index contributed by atoms with van der Waals surface area (Å²) in [5, 5.41) is 3.51. The molecule has 0 aliphatic heterocycles. The summed E-state index contributed by atoms with van der Waals surface area (Å²) in [5.41, 5.74) is 1.65. The summed E-state index contributed by atoms with van der Waals surface area (Å²) in [5.74, 6) is -0.930. The van der Waals surface area contributed by atoms with Crippen LogP contribution in [-0.4, -0.2) is 43.8 Å². The Labute approximate surface area is 251 Å². The summed E-state index contributed by atoms with van der Waals surface area (Å²) < 4.78 is 28.8. The van der Waals surface area contributed by atoms with Crippen molar-refractivity contribution in [1.82, 2.24) is 10.2 Å². The quantitative estimate of drug-likeness (QED) is 0.265. The zero-order valence-corrected chi connectivity index (χ0v) is 25.8. The maximum Gasteiger partial charge on any atom is 0.264 e. The fourth-order valence-corrected chi connectivity index (χ4v) is 6.12. The van der Waals surface area contributed by atoms with E-state index < -0.39 is 28.5 Å². The summed E-state index contributed by atoms with van der Waals surface area (Å²) >= 11 is 18.8. The zero-order valence-electron chi connectivity index (χ0n) is 22.7. The average molecular weight is 625 g/mol. The van der Waals surface area contributed by atoms with Crippen LogP contribution in [0, 0.1) is 6.92 Å². The minimum atomic E-state index is -4.26. The molecule has 0 bridgehead atoms. The molecule has 0 aliphatic rings. The van der Waals surface area contributed by atoms with Crippen LogP contribution in [0.1, 0.15) is 38.3 Å². The highest BCUT2D eigenvalue weighted by Crippen LogP contribution is 2.35. The molecule has 1 atom stereocenters. The highest BCUT2D eigenvalue weighted by Gasteiger charge is 2.34. The minimum absolute atomic E-state index is 0.0125. The molecule has 7 nitrogen and oxygen atoms in total. The van der Waals surface area contributed by atoms with Gasteiger partial charge >= 0.3 is 0 Å². The molecule has 3 aromatic rings. The van der Waals surface area contributed by atoms with Crippen LogP contribution in [0.2, 0.25) is 15.1 Å². The van der Waals surface area contributed by atoms with Gasteiger partial charge in [0.05, 0.1) is 20.6 Å². The van der Waals surface area contributed by atoms with Crippen molar-refractivity contribution >= 4 is 62.3 Å². The number of sulfonamides is 1. The standard InChI is InChI=1S/C29H32Cl3N3O4S/c1-5-25(29(37)33-19(2)3)34(17-21-11-13-22(30)14-12-21)27(36)18-35(26-8-6-7-24(31)28(26)32)40(38,39)23-15-9-20(4)10-16-23/h6-16,19,25H,5,17-18H2,1-4H3,(H,33,37). The van der Waals surface area contributed by atoms with Crippen molar-refractivity contribution in [2.45, 2.75) is 57.6 Å². The molecular formula is C29H32Cl3N3O4S. The number of halogens is 3. The van der Waals surface area contributed by atoms with Crippen molar-refractivity contribution < 1.29 is 18.0 Å². The Kier molecular flexibility index (Phi) is 10.9.